The Balaban J connectivity index is 1.85. The molecule has 1 heterocycles. The third-order valence-corrected chi connectivity index (χ3v) is 5.46. The summed E-state index contributed by atoms with van der Waals surface area (Å²) in [7, 11) is 0. The first kappa shape index (κ1) is 14.3. The van der Waals surface area contributed by atoms with Gasteiger partial charge in [0, 0.05) is 26.7 Å². The first-order chi connectivity index (χ1) is 10.6. The van der Waals surface area contributed by atoms with E-state index in [0.29, 0.717) is 16.5 Å². The van der Waals surface area contributed by atoms with Crippen molar-refractivity contribution in [2.45, 2.75) is 18.4 Å². The molecule has 0 saturated carbocycles. The molecule has 4 heteroatoms. The lowest BCUT2D eigenvalue weighted by atomic mass is 9.77. The molecule has 2 aromatic carbocycles. The molecule has 0 saturated heterocycles. The second kappa shape index (κ2) is 5.39. The van der Waals surface area contributed by atoms with Crippen LogP contribution in [-0.4, -0.2) is 0 Å². The van der Waals surface area contributed by atoms with Gasteiger partial charge in [-0.2, -0.15) is 0 Å². The van der Waals surface area contributed by atoms with E-state index in [1.54, 1.807) is 12.1 Å². The Labute approximate surface area is 142 Å². The van der Waals surface area contributed by atoms with Crippen molar-refractivity contribution in [2.24, 2.45) is 5.92 Å². The van der Waals surface area contributed by atoms with Crippen LogP contribution in [0.4, 0.5) is 10.1 Å². The molecule has 0 radical (unpaired) electrons. The van der Waals surface area contributed by atoms with Gasteiger partial charge in [-0.25, -0.2) is 4.39 Å². The maximum absolute atomic E-state index is 14.4. The number of rotatable bonds is 1. The molecule has 0 bridgehead atoms. The summed E-state index contributed by atoms with van der Waals surface area (Å²) in [6.45, 7) is 0. The highest BCUT2D eigenvalue weighted by Crippen LogP contribution is 2.51. The Bertz CT molecular complexity index is 753. The van der Waals surface area contributed by atoms with Gasteiger partial charge in [-0.3, -0.25) is 0 Å². The maximum Gasteiger partial charge on any atom is 0.129 e. The van der Waals surface area contributed by atoms with Crippen LogP contribution < -0.4 is 5.32 Å². The Morgan fingerprint density at radius 2 is 2.09 bits per heavy atom. The van der Waals surface area contributed by atoms with E-state index in [1.807, 2.05) is 12.1 Å². The first-order valence-electron chi connectivity index (χ1n) is 7.31. The average molecular weight is 379 g/mol. The lowest BCUT2D eigenvalue weighted by molar-refractivity contribution is 0.413. The fourth-order valence-electron chi connectivity index (χ4n) is 3.66. The van der Waals surface area contributed by atoms with Crippen LogP contribution >= 0.6 is 27.5 Å². The van der Waals surface area contributed by atoms with Gasteiger partial charge in [-0.1, -0.05) is 45.7 Å². The number of allylic oxidation sites excluding steroid dienone is 2. The van der Waals surface area contributed by atoms with Crippen molar-refractivity contribution in [3.63, 3.8) is 0 Å². The molecule has 1 aliphatic carbocycles. The number of halogens is 3. The second-order valence-corrected chi connectivity index (χ2v) is 7.17. The third-order valence-electron chi connectivity index (χ3n) is 4.64. The molecule has 1 nitrogen and oxygen atoms in total. The van der Waals surface area contributed by atoms with E-state index in [0.717, 1.165) is 16.6 Å². The number of nitrogens with one attached hydrogen (secondary N) is 1. The van der Waals surface area contributed by atoms with Crippen molar-refractivity contribution in [3.8, 4) is 0 Å². The minimum Gasteiger partial charge on any atom is -0.378 e. The van der Waals surface area contributed by atoms with E-state index in [-0.39, 0.29) is 17.8 Å². The number of fused-ring (bicyclic) bond motifs is 3. The van der Waals surface area contributed by atoms with Crippen LogP contribution in [0, 0.1) is 11.7 Å². The van der Waals surface area contributed by atoms with Crippen LogP contribution in [0.15, 0.2) is 53.0 Å². The Kier molecular flexibility index (Phi) is 3.50. The van der Waals surface area contributed by atoms with Gasteiger partial charge in [0.2, 0.25) is 0 Å². The monoisotopic (exact) mass is 377 g/mol. The van der Waals surface area contributed by atoms with Gasteiger partial charge in [0.15, 0.2) is 0 Å². The maximum atomic E-state index is 14.4. The van der Waals surface area contributed by atoms with E-state index in [9.17, 15) is 4.39 Å². The third kappa shape index (κ3) is 2.19. The van der Waals surface area contributed by atoms with Crippen LogP contribution in [0.2, 0.25) is 5.02 Å². The SMILES string of the molecule is Fc1cccc(Cl)c1[C@@H]1Nc2ccc(Br)cc2[C@@H]2C=CC[C@@H]21. The van der Waals surface area contributed by atoms with Gasteiger partial charge in [0.25, 0.3) is 0 Å². The fourth-order valence-corrected chi connectivity index (χ4v) is 4.32. The Morgan fingerprint density at radius 3 is 2.91 bits per heavy atom. The van der Waals surface area contributed by atoms with E-state index in [1.165, 1.54) is 11.6 Å². The fraction of sp³-hybridized carbons (Fsp3) is 0.222. The summed E-state index contributed by atoms with van der Waals surface area (Å²) >= 11 is 9.84. The molecule has 112 valence electrons. The molecule has 0 fully saturated rings. The molecule has 0 aromatic heterocycles. The van der Waals surface area contributed by atoms with E-state index < -0.39 is 0 Å². The summed E-state index contributed by atoms with van der Waals surface area (Å²) in [6, 6.07) is 11.0. The highest BCUT2D eigenvalue weighted by atomic mass is 79.9. The van der Waals surface area contributed by atoms with Crippen molar-refractivity contribution in [3.05, 3.63) is 75.0 Å². The normalized spacial score (nSPS) is 25.5. The predicted octanol–water partition coefficient (Wildman–Crippen LogP) is 6.07. The summed E-state index contributed by atoms with van der Waals surface area (Å²) in [6.07, 6.45) is 5.35. The smallest absolute Gasteiger partial charge is 0.129 e. The molecule has 2 aromatic rings. The van der Waals surface area contributed by atoms with E-state index >= 15 is 0 Å². The molecular weight excluding hydrogens is 365 g/mol. The zero-order valence-corrected chi connectivity index (χ0v) is 14.0. The molecule has 0 unspecified atom stereocenters. The van der Waals surface area contributed by atoms with Crippen molar-refractivity contribution in [1.29, 1.82) is 0 Å². The van der Waals surface area contributed by atoms with E-state index in [4.69, 9.17) is 11.6 Å². The first-order valence-corrected chi connectivity index (χ1v) is 8.49. The van der Waals surface area contributed by atoms with Crippen LogP contribution in [0.3, 0.4) is 0 Å². The molecule has 4 rings (SSSR count). The zero-order chi connectivity index (χ0) is 15.3. The average Bonchev–Trinajstić information content (AvgIpc) is 2.97. The summed E-state index contributed by atoms with van der Waals surface area (Å²) < 4.78 is 15.4. The molecule has 2 aliphatic rings. The quantitative estimate of drug-likeness (QED) is 0.594. The van der Waals surface area contributed by atoms with Gasteiger partial charge >= 0.3 is 0 Å². The molecule has 0 spiro atoms. The largest absolute Gasteiger partial charge is 0.378 e. The molecule has 22 heavy (non-hydrogen) atoms. The Morgan fingerprint density at radius 1 is 1.23 bits per heavy atom. The van der Waals surface area contributed by atoms with Crippen LogP contribution in [0.1, 0.15) is 29.5 Å². The van der Waals surface area contributed by atoms with Gasteiger partial charge < -0.3 is 5.32 Å². The van der Waals surface area contributed by atoms with Crippen molar-refractivity contribution in [2.75, 3.05) is 5.32 Å². The van der Waals surface area contributed by atoms with Gasteiger partial charge in [0.05, 0.1) is 6.04 Å². The molecular formula is C18H14BrClFN. The highest BCUT2D eigenvalue weighted by Gasteiger charge is 2.39. The minimum atomic E-state index is -0.240. The van der Waals surface area contributed by atoms with Crippen molar-refractivity contribution < 1.29 is 4.39 Å². The topological polar surface area (TPSA) is 12.0 Å². The van der Waals surface area contributed by atoms with Gasteiger partial charge in [-0.15, -0.1) is 0 Å². The number of anilines is 1. The molecule has 3 atom stereocenters. The van der Waals surface area contributed by atoms with Crippen LogP contribution in [-0.2, 0) is 0 Å². The standard InChI is InChI=1S/C18H14BrClFN/c19-10-7-8-16-13(9-10)11-3-1-4-12(11)18(22-16)17-14(20)5-2-6-15(17)21/h1-3,5-9,11-12,18,22H,4H2/t11-,12+,18-/m1/s1. The molecule has 0 amide bonds. The molecule has 1 N–H and O–H groups in total. The van der Waals surface area contributed by atoms with Crippen LogP contribution in [0.25, 0.3) is 0 Å². The van der Waals surface area contributed by atoms with Crippen molar-refractivity contribution in [1.82, 2.24) is 0 Å². The van der Waals surface area contributed by atoms with Gasteiger partial charge in [-0.05, 0) is 48.2 Å². The Hall–Kier alpha value is -1.32. The zero-order valence-electron chi connectivity index (χ0n) is 11.7. The van der Waals surface area contributed by atoms with Crippen molar-refractivity contribution >= 4 is 33.2 Å². The lowest BCUT2D eigenvalue weighted by Crippen LogP contribution is -2.30. The lowest BCUT2D eigenvalue weighted by Gasteiger charge is -2.38. The highest BCUT2D eigenvalue weighted by molar-refractivity contribution is 9.10. The summed E-state index contributed by atoms with van der Waals surface area (Å²) in [4.78, 5) is 0. The van der Waals surface area contributed by atoms with E-state index in [2.05, 4.69) is 39.5 Å². The summed E-state index contributed by atoms with van der Waals surface area (Å²) in [5, 5.41) is 4.00. The van der Waals surface area contributed by atoms with Crippen LogP contribution in [0.5, 0.6) is 0 Å². The second-order valence-electron chi connectivity index (χ2n) is 5.84. The minimum absolute atomic E-state index is 0.109. The summed E-state index contributed by atoms with van der Waals surface area (Å²) in [5.41, 5.74) is 2.90. The molecule has 1 aliphatic heterocycles. The summed E-state index contributed by atoms with van der Waals surface area (Å²) in [5.74, 6) is 0.349. The predicted molar refractivity (Wildman–Crippen MR) is 91.9 cm³/mol. The number of benzene rings is 2. The van der Waals surface area contributed by atoms with Gasteiger partial charge in [0.1, 0.15) is 5.82 Å². The number of hydrogen-bond donors (Lipinski definition) is 1. The number of hydrogen-bond acceptors (Lipinski definition) is 1.